The molecular formula is C18H22N2O. The van der Waals surface area contributed by atoms with Gasteiger partial charge in [-0.3, -0.25) is 4.79 Å². The first-order valence-corrected chi connectivity index (χ1v) is 7.43. The molecule has 1 heterocycles. The maximum Gasteiger partial charge on any atom is 0.217 e. The topological polar surface area (TPSA) is 48.0 Å². The first kappa shape index (κ1) is 15.2. The lowest BCUT2D eigenvalue weighted by Gasteiger charge is -2.29. The van der Waals surface area contributed by atoms with Crippen LogP contribution in [0, 0.1) is 12.3 Å². The summed E-state index contributed by atoms with van der Waals surface area (Å²) in [6, 6.07) is 8.19. The highest BCUT2D eigenvalue weighted by atomic mass is 16.1. The van der Waals surface area contributed by atoms with E-state index in [1.165, 1.54) is 0 Å². The average Bonchev–Trinajstić information content (AvgIpc) is 2.87. The quantitative estimate of drug-likeness (QED) is 0.813. The van der Waals surface area contributed by atoms with Crippen LogP contribution in [0.15, 0.2) is 30.5 Å². The van der Waals surface area contributed by atoms with Gasteiger partial charge in [-0.15, -0.1) is 6.42 Å². The number of para-hydroxylation sites is 1. The molecule has 1 amide bonds. The number of terminal acetylenes is 1. The summed E-state index contributed by atoms with van der Waals surface area (Å²) in [5.41, 5.74) is 7.22. The van der Waals surface area contributed by atoms with Crippen LogP contribution in [0.4, 0.5) is 0 Å². The maximum atomic E-state index is 11.1. The summed E-state index contributed by atoms with van der Waals surface area (Å²) in [6.07, 6.45) is 10.7. The van der Waals surface area contributed by atoms with Crippen molar-refractivity contribution in [3.8, 4) is 12.3 Å². The molecule has 0 saturated carbocycles. The fourth-order valence-corrected chi connectivity index (χ4v) is 2.93. The highest BCUT2D eigenvalue weighted by Crippen LogP contribution is 2.32. The van der Waals surface area contributed by atoms with Crippen molar-refractivity contribution in [2.24, 2.45) is 5.73 Å². The highest BCUT2D eigenvalue weighted by Gasteiger charge is 2.27. The molecule has 0 fully saturated rings. The Bertz CT molecular complexity index is 687. The molecule has 0 unspecified atom stereocenters. The van der Waals surface area contributed by atoms with Crippen LogP contribution >= 0.6 is 0 Å². The molecule has 0 aliphatic heterocycles. The lowest BCUT2D eigenvalue weighted by Crippen LogP contribution is -2.29. The Hall–Kier alpha value is -2.21. The van der Waals surface area contributed by atoms with Crippen molar-refractivity contribution < 1.29 is 4.79 Å². The van der Waals surface area contributed by atoms with E-state index in [-0.39, 0.29) is 11.4 Å². The molecule has 1 aromatic carbocycles. The summed E-state index contributed by atoms with van der Waals surface area (Å²) >= 11 is 0. The summed E-state index contributed by atoms with van der Waals surface area (Å²) in [5, 5.41) is 1.15. The number of benzene rings is 1. The van der Waals surface area contributed by atoms with Gasteiger partial charge in [0.1, 0.15) is 5.54 Å². The Morgan fingerprint density at radius 3 is 2.57 bits per heavy atom. The fourth-order valence-electron chi connectivity index (χ4n) is 2.93. The minimum atomic E-state index is -0.315. The van der Waals surface area contributed by atoms with Crippen molar-refractivity contribution in [1.29, 1.82) is 0 Å². The van der Waals surface area contributed by atoms with E-state index in [1.807, 2.05) is 12.1 Å². The van der Waals surface area contributed by atoms with Crippen LogP contribution in [-0.4, -0.2) is 10.5 Å². The Morgan fingerprint density at radius 1 is 1.33 bits per heavy atom. The number of rotatable bonds is 6. The normalized spacial score (nSPS) is 11.5. The van der Waals surface area contributed by atoms with Gasteiger partial charge in [-0.1, -0.05) is 38.0 Å². The van der Waals surface area contributed by atoms with Gasteiger partial charge in [0.25, 0.3) is 0 Å². The predicted molar refractivity (Wildman–Crippen MR) is 86.8 cm³/mol. The molecule has 0 radical (unpaired) electrons. The first-order valence-electron chi connectivity index (χ1n) is 7.43. The standard InChI is InChI=1S/C18H22N2O/c1-4-18(5-2,6-3)20-13-14(11-12-17(19)21)15-9-7-8-10-16(15)20/h1,7-10,13H,5-6,11-12H2,2-3H3,(H2,19,21). The minimum Gasteiger partial charge on any atom is -0.370 e. The van der Waals surface area contributed by atoms with Crippen LogP contribution in [0.5, 0.6) is 0 Å². The number of primary amides is 1. The number of aryl methyl sites for hydroxylation is 1. The third-order valence-corrected chi connectivity index (χ3v) is 4.33. The zero-order valence-electron chi connectivity index (χ0n) is 12.7. The number of carbonyl (C=O) groups is 1. The van der Waals surface area contributed by atoms with E-state index in [4.69, 9.17) is 12.2 Å². The average molecular weight is 282 g/mol. The molecule has 21 heavy (non-hydrogen) atoms. The first-order chi connectivity index (χ1) is 10.1. The summed E-state index contributed by atoms with van der Waals surface area (Å²) in [7, 11) is 0. The number of carbonyl (C=O) groups excluding carboxylic acids is 1. The molecule has 1 aromatic heterocycles. The molecule has 2 N–H and O–H groups in total. The summed E-state index contributed by atoms with van der Waals surface area (Å²) < 4.78 is 2.19. The largest absolute Gasteiger partial charge is 0.370 e. The summed E-state index contributed by atoms with van der Waals surface area (Å²) in [5.74, 6) is 2.70. The van der Waals surface area contributed by atoms with Crippen molar-refractivity contribution in [3.05, 3.63) is 36.0 Å². The van der Waals surface area contributed by atoms with Crippen molar-refractivity contribution >= 4 is 16.8 Å². The van der Waals surface area contributed by atoms with Gasteiger partial charge in [0.05, 0.1) is 0 Å². The third-order valence-electron chi connectivity index (χ3n) is 4.33. The monoisotopic (exact) mass is 282 g/mol. The van der Waals surface area contributed by atoms with Gasteiger partial charge in [-0.25, -0.2) is 0 Å². The summed E-state index contributed by atoms with van der Waals surface area (Å²) in [6.45, 7) is 4.22. The van der Waals surface area contributed by atoms with E-state index in [2.05, 4.69) is 42.7 Å². The lowest BCUT2D eigenvalue weighted by atomic mass is 9.93. The van der Waals surface area contributed by atoms with Gasteiger partial charge in [-0.05, 0) is 30.9 Å². The number of aromatic nitrogens is 1. The SMILES string of the molecule is C#CC(CC)(CC)n1cc(CCC(N)=O)c2ccccc21. The number of fused-ring (bicyclic) bond motifs is 1. The molecule has 3 heteroatoms. The predicted octanol–water partition coefficient (Wildman–Crippen LogP) is 3.21. The van der Waals surface area contributed by atoms with Gasteiger partial charge < -0.3 is 10.3 Å². The second kappa shape index (κ2) is 6.05. The number of hydrogen-bond acceptors (Lipinski definition) is 1. The van der Waals surface area contributed by atoms with E-state index in [9.17, 15) is 4.79 Å². The van der Waals surface area contributed by atoms with E-state index in [0.29, 0.717) is 12.8 Å². The Kier molecular flexibility index (Phi) is 4.37. The molecule has 0 aliphatic carbocycles. The van der Waals surface area contributed by atoms with Crippen LogP contribution in [-0.2, 0) is 16.8 Å². The van der Waals surface area contributed by atoms with E-state index < -0.39 is 0 Å². The fraction of sp³-hybridized carbons (Fsp3) is 0.389. The minimum absolute atomic E-state index is 0.277. The third kappa shape index (κ3) is 2.67. The molecular weight excluding hydrogens is 260 g/mol. The summed E-state index contributed by atoms with van der Waals surface area (Å²) in [4.78, 5) is 11.1. The number of nitrogens with zero attached hydrogens (tertiary/aromatic N) is 1. The Labute approximate surface area is 126 Å². The molecule has 0 saturated heterocycles. The van der Waals surface area contributed by atoms with Crippen molar-refractivity contribution in [2.75, 3.05) is 0 Å². The zero-order valence-corrected chi connectivity index (χ0v) is 12.7. The van der Waals surface area contributed by atoms with E-state index >= 15 is 0 Å². The van der Waals surface area contributed by atoms with Gasteiger partial charge in [0.2, 0.25) is 5.91 Å². The van der Waals surface area contributed by atoms with Crippen LogP contribution in [0.1, 0.15) is 38.7 Å². The lowest BCUT2D eigenvalue weighted by molar-refractivity contribution is -0.117. The molecule has 110 valence electrons. The van der Waals surface area contributed by atoms with Crippen molar-refractivity contribution in [3.63, 3.8) is 0 Å². The second-order valence-electron chi connectivity index (χ2n) is 5.39. The van der Waals surface area contributed by atoms with Gasteiger partial charge in [0, 0.05) is 23.5 Å². The van der Waals surface area contributed by atoms with Crippen molar-refractivity contribution in [1.82, 2.24) is 4.57 Å². The number of nitrogens with two attached hydrogens (primary N) is 1. The van der Waals surface area contributed by atoms with Crippen LogP contribution in [0.25, 0.3) is 10.9 Å². The second-order valence-corrected chi connectivity index (χ2v) is 5.39. The van der Waals surface area contributed by atoms with Crippen LogP contribution in [0.2, 0.25) is 0 Å². The van der Waals surface area contributed by atoms with Gasteiger partial charge in [-0.2, -0.15) is 0 Å². The smallest absolute Gasteiger partial charge is 0.217 e. The van der Waals surface area contributed by atoms with E-state index in [0.717, 1.165) is 29.3 Å². The van der Waals surface area contributed by atoms with Gasteiger partial charge >= 0.3 is 0 Å². The molecule has 2 rings (SSSR count). The molecule has 0 spiro atoms. The zero-order chi connectivity index (χ0) is 15.5. The van der Waals surface area contributed by atoms with Crippen LogP contribution < -0.4 is 5.73 Å². The highest BCUT2D eigenvalue weighted by molar-refractivity contribution is 5.85. The molecule has 2 aromatic rings. The van der Waals surface area contributed by atoms with E-state index in [1.54, 1.807) is 0 Å². The van der Waals surface area contributed by atoms with Crippen molar-refractivity contribution in [2.45, 2.75) is 45.1 Å². The maximum absolute atomic E-state index is 11.1. The van der Waals surface area contributed by atoms with Gasteiger partial charge in [0.15, 0.2) is 0 Å². The van der Waals surface area contributed by atoms with Crippen LogP contribution in [0.3, 0.4) is 0 Å². The Balaban J connectivity index is 2.60. The Morgan fingerprint density at radius 2 is 2.00 bits per heavy atom. The number of amides is 1. The molecule has 0 aliphatic rings. The number of hydrogen-bond donors (Lipinski definition) is 1. The molecule has 0 atom stereocenters. The molecule has 0 bridgehead atoms. The molecule has 3 nitrogen and oxygen atoms in total.